The van der Waals surface area contributed by atoms with E-state index in [4.69, 9.17) is 4.74 Å². The Bertz CT molecular complexity index is 649. The highest BCUT2D eigenvalue weighted by Crippen LogP contribution is 2.25. The third-order valence-corrected chi connectivity index (χ3v) is 4.71. The van der Waals surface area contributed by atoms with Crippen molar-refractivity contribution in [2.45, 2.75) is 32.3 Å². The third-order valence-electron chi connectivity index (χ3n) is 4.71. The summed E-state index contributed by atoms with van der Waals surface area (Å²) in [6, 6.07) is 3.35. The van der Waals surface area contributed by atoms with Crippen LogP contribution in [0.25, 0.3) is 0 Å². The van der Waals surface area contributed by atoms with Gasteiger partial charge in [0.15, 0.2) is 5.96 Å². The molecule has 28 heavy (non-hydrogen) atoms. The van der Waals surface area contributed by atoms with Gasteiger partial charge in [-0.3, -0.25) is 9.89 Å². The second kappa shape index (κ2) is 11.1. The van der Waals surface area contributed by atoms with Gasteiger partial charge in [-0.2, -0.15) is 13.2 Å². The Hall–Kier alpha value is -1.14. The van der Waals surface area contributed by atoms with Crippen LogP contribution < -0.4 is 5.32 Å². The highest BCUT2D eigenvalue weighted by atomic mass is 127. The van der Waals surface area contributed by atoms with Gasteiger partial charge < -0.3 is 15.0 Å². The van der Waals surface area contributed by atoms with Crippen LogP contribution in [0.4, 0.5) is 17.6 Å². The smallest absolute Gasteiger partial charge is 0.380 e. The van der Waals surface area contributed by atoms with E-state index in [1.165, 1.54) is 25.0 Å². The molecule has 160 valence electrons. The first-order valence-electron chi connectivity index (χ1n) is 8.79. The number of alkyl halides is 3. The number of aliphatic imine (C=N–C) groups is 1. The number of nitrogens with one attached hydrogen (secondary N) is 1. The molecule has 2 rings (SSSR count). The lowest BCUT2D eigenvalue weighted by Crippen LogP contribution is -2.56. The molecule has 5 nitrogen and oxygen atoms in total. The molecule has 1 aromatic rings. The third kappa shape index (κ3) is 6.73. The minimum Gasteiger partial charge on any atom is -0.380 e. The van der Waals surface area contributed by atoms with Crippen molar-refractivity contribution in [3.05, 3.63) is 35.1 Å². The zero-order chi connectivity index (χ0) is 20.0. The van der Waals surface area contributed by atoms with Crippen molar-refractivity contribution < 1.29 is 22.3 Å². The largest absolute Gasteiger partial charge is 0.403 e. The summed E-state index contributed by atoms with van der Waals surface area (Å²) < 4.78 is 57.2. The molecule has 1 fully saturated rings. The van der Waals surface area contributed by atoms with Crippen LogP contribution in [0.1, 0.15) is 18.1 Å². The van der Waals surface area contributed by atoms with E-state index in [0.29, 0.717) is 44.2 Å². The van der Waals surface area contributed by atoms with E-state index >= 15 is 0 Å². The van der Waals surface area contributed by atoms with Crippen LogP contribution in [0.2, 0.25) is 0 Å². The highest BCUT2D eigenvalue weighted by molar-refractivity contribution is 14.0. The van der Waals surface area contributed by atoms with Crippen molar-refractivity contribution in [3.8, 4) is 0 Å². The molecule has 1 aromatic carbocycles. The summed E-state index contributed by atoms with van der Waals surface area (Å²) >= 11 is 0. The SMILES string of the molecule is CN=C(NCc1ccc(F)c(COC)c1)N1CCN(C(C)C(F)(F)F)CC1.I. The van der Waals surface area contributed by atoms with Gasteiger partial charge >= 0.3 is 6.18 Å². The zero-order valence-corrected chi connectivity index (χ0v) is 18.6. The Balaban J connectivity index is 0.00000392. The maximum Gasteiger partial charge on any atom is 0.403 e. The standard InChI is InChI=1S/C18H26F4N4O.HI/c1-13(18(20,21)22)25-6-8-26(9-7-25)17(23-2)24-11-14-4-5-16(19)15(10-14)12-27-3;/h4-5,10,13H,6-9,11-12H2,1-3H3,(H,23,24);1H. The Kier molecular flexibility index (Phi) is 9.91. The van der Waals surface area contributed by atoms with E-state index in [-0.39, 0.29) is 36.4 Å². The van der Waals surface area contributed by atoms with E-state index in [0.717, 1.165) is 5.56 Å². The molecule has 1 aliphatic rings. The lowest BCUT2D eigenvalue weighted by atomic mass is 10.1. The molecule has 1 N–H and O–H groups in total. The number of guanidine groups is 1. The van der Waals surface area contributed by atoms with Gasteiger partial charge in [-0.05, 0) is 24.6 Å². The molecule has 1 saturated heterocycles. The maximum absolute atomic E-state index is 13.7. The van der Waals surface area contributed by atoms with Crippen LogP contribution in [-0.4, -0.2) is 68.3 Å². The average Bonchev–Trinajstić information content (AvgIpc) is 2.64. The minimum atomic E-state index is -4.22. The van der Waals surface area contributed by atoms with Crippen LogP contribution in [0.5, 0.6) is 0 Å². The van der Waals surface area contributed by atoms with Crippen molar-refractivity contribution in [3.63, 3.8) is 0 Å². The molecule has 1 atom stereocenters. The van der Waals surface area contributed by atoms with Gasteiger partial charge in [-0.15, -0.1) is 24.0 Å². The van der Waals surface area contributed by atoms with Gasteiger partial charge in [0, 0.05) is 52.4 Å². The molecular formula is C18H27F4IN4O. The summed E-state index contributed by atoms with van der Waals surface area (Å²) in [6.07, 6.45) is -4.22. The van der Waals surface area contributed by atoms with E-state index in [2.05, 4.69) is 10.3 Å². The van der Waals surface area contributed by atoms with Crippen molar-refractivity contribution in [2.24, 2.45) is 4.99 Å². The Morgan fingerprint density at radius 2 is 1.89 bits per heavy atom. The zero-order valence-electron chi connectivity index (χ0n) is 16.2. The van der Waals surface area contributed by atoms with Gasteiger partial charge in [0.2, 0.25) is 0 Å². The molecular weight excluding hydrogens is 491 g/mol. The molecule has 0 spiro atoms. The summed E-state index contributed by atoms with van der Waals surface area (Å²) in [7, 11) is 3.14. The van der Waals surface area contributed by atoms with Gasteiger partial charge in [-0.1, -0.05) is 6.07 Å². The molecule has 10 heteroatoms. The second-order valence-corrected chi connectivity index (χ2v) is 6.50. The number of hydrogen-bond donors (Lipinski definition) is 1. The fourth-order valence-electron chi connectivity index (χ4n) is 3.05. The van der Waals surface area contributed by atoms with Crippen LogP contribution in [0, 0.1) is 5.82 Å². The van der Waals surface area contributed by atoms with Crippen molar-refractivity contribution in [2.75, 3.05) is 40.3 Å². The van der Waals surface area contributed by atoms with E-state index in [9.17, 15) is 17.6 Å². The lowest BCUT2D eigenvalue weighted by Gasteiger charge is -2.39. The minimum absolute atomic E-state index is 0. The van der Waals surface area contributed by atoms with Crippen LogP contribution in [-0.2, 0) is 17.9 Å². The fourth-order valence-corrected chi connectivity index (χ4v) is 3.05. The first-order valence-corrected chi connectivity index (χ1v) is 8.79. The summed E-state index contributed by atoms with van der Waals surface area (Å²) in [5.41, 5.74) is 1.34. The van der Waals surface area contributed by atoms with Gasteiger partial charge in [0.05, 0.1) is 6.61 Å². The van der Waals surface area contributed by atoms with Gasteiger partial charge in [0.1, 0.15) is 11.9 Å². The lowest BCUT2D eigenvalue weighted by molar-refractivity contribution is -0.181. The Labute approximate surface area is 180 Å². The molecule has 1 heterocycles. The molecule has 1 unspecified atom stereocenters. The normalized spacial score (nSPS) is 17.2. The fraction of sp³-hybridized carbons (Fsp3) is 0.611. The van der Waals surface area contributed by atoms with Crippen molar-refractivity contribution in [1.29, 1.82) is 0 Å². The number of halogens is 5. The number of nitrogens with zero attached hydrogens (tertiary/aromatic N) is 3. The summed E-state index contributed by atoms with van der Waals surface area (Å²) in [5.74, 6) is 0.298. The summed E-state index contributed by atoms with van der Waals surface area (Å²) in [4.78, 5) is 7.57. The van der Waals surface area contributed by atoms with E-state index < -0.39 is 12.2 Å². The van der Waals surface area contributed by atoms with Gasteiger partial charge in [-0.25, -0.2) is 4.39 Å². The topological polar surface area (TPSA) is 40.1 Å². The van der Waals surface area contributed by atoms with Crippen molar-refractivity contribution in [1.82, 2.24) is 15.1 Å². The monoisotopic (exact) mass is 518 g/mol. The Morgan fingerprint density at radius 1 is 1.25 bits per heavy atom. The van der Waals surface area contributed by atoms with Crippen LogP contribution in [0.15, 0.2) is 23.2 Å². The summed E-state index contributed by atoms with van der Waals surface area (Å²) in [6.45, 7) is 3.36. The quantitative estimate of drug-likeness (QED) is 0.282. The second-order valence-electron chi connectivity index (χ2n) is 6.50. The average molecular weight is 518 g/mol. The molecule has 0 aromatic heterocycles. The molecule has 0 radical (unpaired) electrons. The van der Waals surface area contributed by atoms with Crippen LogP contribution >= 0.6 is 24.0 Å². The summed E-state index contributed by atoms with van der Waals surface area (Å²) in [5, 5.41) is 3.19. The number of ether oxygens (including phenoxy) is 1. The predicted octanol–water partition coefficient (Wildman–Crippen LogP) is 3.23. The first kappa shape index (κ1) is 24.9. The molecule has 0 aliphatic carbocycles. The van der Waals surface area contributed by atoms with Crippen molar-refractivity contribution >= 4 is 29.9 Å². The van der Waals surface area contributed by atoms with E-state index in [1.807, 2.05) is 4.90 Å². The van der Waals surface area contributed by atoms with Crippen LogP contribution in [0.3, 0.4) is 0 Å². The van der Waals surface area contributed by atoms with E-state index in [1.54, 1.807) is 19.2 Å². The number of methoxy groups -OCH3 is 1. The molecule has 0 bridgehead atoms. The highest BCUT2D eigenvalue weighted by Gasteiger charge is 2.41. The number of piperazine rings is 1. The first-order chi connectivity index (χ1) is 12.8. The molecule has 0 amide bonds. The molecule has 0 saturated carbocycles. The number of hydrogen-bond acceptors (Lipinski definition) is 3. The Morgan fingerprint density at radius 3 is 2.43 bits per heavy atom. The number of rotatable bonds is 5. The molecule has 1 aliphatic heterocycles. The predicted molar refractivity (Wildman–Crippen MR) is 111 cm³/mol. The van der Waals surface area contributed by atoms with Gasteiger partial charge in [0.25, 0.3) is 0 Å². The number of benzene rings is 1. The maximum atomic E-state index is 13.7.